The van der Waals surface area contributed by atoms with E-state index in [1.54, 1.807) is 11.3 Å². The Balaban J connectivity index is 1.89. The van der Waals surface area contributed by atoms with Gasteiger partial charge in [0.25, 0.3) is 0 Å². The van der Waals surface area contributed by atoms with Crippen LogP contribution in [-0.2, 0) is 6.42 Å². The maximum Gasteiger partial charge on any atom is 0.0940 e. The van der Waals surface area contributed by atoms with Crippen molar-refractivity contribution >= 4 is 11.3 Å². The number of hydrogen-bond donors (Lipinski definition) is 1. The van der Waals surface area contributed by atoms with E-state index in [4.69, 9.17) is 0 Å². The molecule has 1 fully saturated rings. The summed E-state index contributed by atoms with van der Waals surface area (Å²) in [5.74, 6) is 0.902. The van der Waals surface area contributed by atoms with E-state index < -0.39 is 0 Å². The van der Waals surface area contributed by atoms with E-state index in [-0.39, 0.29) is 0 Å². The Kier molecular flexibility index (Phi) is 3.54. The van der Waals surface area contributed by atoms with Gasteiger partial charge in [-0.05, 0) is 25.3 Å². The molecule has 1 heterocycles. The molecule has 2 nitrogen and oxygen atoms in total. The van der Waals surface area contributed by atoms with Crippen LogP contribution in [0.1, 0.15) is 31.2 Å². The van der Waals surface area contributed by atoms with Crippen LogP contribution in [0.15, 0.2) is 11.6 Å². The quantitative estimate of drug-likeness (QED) is 0.807. The first-order chi connectivity index (χ1) is 6.90. The zero-order valence-corrected chi connectivity index (χ0v) is 9.52. The van der Waals surface area contributed by atoms with Crippen molar-refractivity contribution in [2.24, 2.45) is 5.92 Å². The highest BCUT2D eigenvalue weighted by molar-refractivity contribution is 7.09. The Morgan fingerprint density at radius 1 is 1.64 bits per heavy atom. The molecule has 1 aliphatic carbocycles. The minimum Gasteiger partial charge on any atom is -0.314 e. The van der Waals surface area contributed by atoms with Crippen molar-refractivity contribution in [3.05, 3.63) is 16.6 Å². The average molecular weight is 210 g/mol. The molecule has 0 spiro atoms. The molecule has 0 aliphatic heterocycles. The Hall–Kier alpha value is -0.410. The molecule has 0 saturated heterocycles. The largest absolute Gasteiger partial charge is 0.314 e. The molecule has 0 radical (unpaired) electrons. The summed E-state index contributed by atoms with van der Waals surface area (Å²) in [5.41, 5.74) is 0. The maximum absolute atomic E-state index is 4.36. The molecule has 0 amide bonds. The maximum atomic E-state index is 4.36. The number of thiazole rings is 1. The summed E-state index contributed by atoms with van der Waals surface area (Å²) in [6.45, 7) is 3.26. The van der Waals surface area contributed by atoms with Crippen LogP contribution < -0.4 is 5.32 Å². The summed E-state index contributed by atoms with van der Waals surface area (Å²) >= 11 is 1.78. The summed E-state index contributed by atoms with van der Waals surface area (Å²) in [7, 11) is 0. The van der Waals surface area contributed by atoms with Gasteiger partial charge in [0, 0.05) is 24.0 Å². The van der Waals surface area contributed by atoms with Crippen LogP contribution >= 0.6 is 11.3 Å². The fourth-order valence-corrected chi connectivity index (χ4v) is 2.73. The first kappa shape index (κ1) is 10.1. The fourth-order valence-electron chi connectivity index (χ4n) is 2.05. The lowest BCUT2D eigenvalue weighted by molar-refractivity contribution is 0.229. The van der Waals surface area contributed by atoms with Crippen LogP contribution in [0.5, 0.6) is 0 Å². The van der Waals surface area contributed by atoms with Crippen molar-refractivity contribution in [2.45, 2.75) is 38.6 Å². The third kappa shape index (κ3) is 2.34. The third-order valence-corrected chi connectivity index (χ3v) is 3.87. The standard InChI is InChI=1S/C11H18N2S/c1-2-12-10(9-4-3-5-9)8-11-13-6-7-14-11/h6-7,9-10,12H,2-5,8H2,1H3. The molecule has 0 bridgehead atoms. The van der Waals surface area contributed by atoms with E-state index in [2.05, 4.69) is 22.6 Å². The van der Waals surface area contributed by atoms with Crippen molar-refractivity contribution in [3.63, 3.8) is 0 Å². The predicted molar refractivity (Wildman–Crippen MR) is 60.6 cm³/mol. The third-order valence-electron chi connectivity index (χ3n) is 3.06. The van der Waals surface area contributed by atoms with Crippen molar-refractivity contribution in [3.8, 4) is 0 Å². The highest BCUT2D eigenvalue weighted by Crippen LogP contribution is 2.31. The smallest absolute Gasteiger partial charge is 0.0940 e. The van der Waals surface area contributed by atoms with Gasteiger partial charge in [-0.15, -0.1) is 11.3 Å². The molecule has 78 valence electrons. The minimum atomic E-state index is 0.667. The lowest BCUT2D eigenvalue weighted by Gasteiger charge is -2.33. The summed E-state index contributed by atoms with van der Waals surface area (Å²) in [4.78, 5) is 4.36. The van der Waals surface area contributed by atoms with E-state index in [0.29, 0.717) is 6.04 Å². The summed E-state index contributed by atoms with van der Waals surface area (Å²) < 4.78 is 0. The second-order valence-electron chi connectivity index (χ2n) is 3.99. The number of nitrogens with one attached hydrogen (secondary N) is 1. The van der Waals surface area contributed by atoms with E-state index in [0.717, 1.165) is 18.9 Å². The van der Waals surface area contributed by atoms with Crippen LogP contribution in [0, 0.1) is 5.92 Å². The fraction of sp³-hybridized carbons (Fsp3) is 0.727. The summed E-state index contributed by atoms with van der Waals surface area (Å²) in [6, 6.07) is 0.667. The first-order valence-electron chi connectivity index (χ1n) is 5.52. The van der Waals surface area contributed by atoms with Crippen LogP contribution in [0.2, 0.25) is 0 Å². The molecule has 2 rings (SSSR count). The van der Waals surface area contributed by atoms with Gasteiger partial charge in [0.2, 0.25) is 0 Å². The van der Waals surface area contributed by atoms with E-state index in [9.17, 15) is 0 Å². The zero-order valence-electron chi connectivity index (χ0n) is 8.70. The van der Waals surface area contributed by atoms with Gasteiger partial charge < -0.3 is 5.32 Å². The minimum absolute atomic E-state index is 0.667. The molecule has 1 aromatic heterocycles. The van der Waals surface area contributed by atoms with Gasteiger partial charge in [0.15, 0.2) is 0 Å². The van der Waals surface area contributed by atoms with Crippen LogP contribution in [0.4, 0.5) is 0 Å². The van der Waals surface area contributed by atoms with Crippen LogP contribution in [0.25, 0.3) is 0 Å². The summed E-state index contributed by atoms with van der Waals surface area (Å²) in [5, 5.41) is 6.94. The monoisotopic (exact) mass is 210 g/mol. The molecule has 3 heteroatoms. The van der Waals surface area contributed by atoms with E-state index in [1.165, 1.54) is 24.3 Å². The molecule has 1 unspecified atom stereocenters. The van der Waals surface area contributed by atoms with Crippen molar-refractivity contribution in [1.29, 1.82) is 0 Å². The van der Waals surface area contributed by atoms with Crippen molar-refractivity contribution in [1.82, 2.24) is 10.3 Å². The van der Waals surface area contributed by atoms with Crippen LogP contribution in [-0.4, -0.2) is 17.6 Å². The lowest BCUT2D eigenvalue weighted by Crippen LogP contribution is -2.41. The number of hydrogen-bond acceptors (Lipinski definition) is 3. The topological polar surface area (TPSA) is 24.9 Å². The van der Waals surface area contributed by atoms with Gasteiger partial charge >= 0.3 is 0 Å². The Bertz CT molecular complexity index is 254. The van der Waals surface area contributed by atoms with Crippen molar-refractivity contribution < 1.29 is 0 Å². The molecule has 1 atom stereocenters. The first-order valence-corrected chi connectivity index (χ1v) is 6.40. The molecule has 1 aliphatic rings. The molecule has 1 N–H and O–H groups in total. The molecule has 0 aromatic carbocycles. The number of nitrogens with zero attached hydrogens (tertiary/aromatic N) is 1. The van der Waals surface area contributed by atoms with Crippen LogP contribution in [0.3, 0.4) is 0 Å². The predicted octanol–water partition coefficient (Wildman–Crippen LogP) is 2.46. The van der Waals surface area contributed by atoms with Gasteiger partial charge in [-0.1, -0.05) is 13.3 Å². The summed E-state index contributed by atoms with van der Waals surface area (Å²) in [6.07, 6.45) is 7.26. The van der Waals surface area contributed by atoms with Gasteiger partial charge in [-0.25, -0.2) is 4.98 Å². The van der Waals surface area contributed by atoms with Gasteiger partial charge in [0.05, 0.1) is 5.01 Å². The number of rotatable bonds is 5. The molecule has 1 saturated carbocycles. The Labute approximate surface area is 89.8 Å². The Morgan fingerprint density at radius 3 is 3.00 bits per heavy atom. The average Bonchev–Trinajstić information content (AvgIpc) is 2.54. The number of aromatic nitrogens is 1. The van der Waals surface area contributed by atoms with Crippen molar-refractivity contribution in [2.75, 3.05) is 6.54 Å². The highest BCUT2D eigenvalue weighted by atomic mass is 32.1. The second-order valence-corrected chi connectivity index (χ2v) is 4.96. The van der Waals surface area contributed by atoms with E-state index in [1.807, 2.05) is 6.20 Å². The van der Waals surface area contributed by atoms with Gasteiger partial charge in [-0.3, -0.25) is 0 Å². The molecular formula is C11H18N2S. The molecule has 14 heavy (non-hydrogen) atoms. The number of likely N-dealkylation sites (N-methyl/N-ethyl adjacent to an activating group) is 1. The normalized spacial score (nSPS) is 19.2. The molecular weight excluding hydrogens is 192 g/mol. The second kappa shape index (κ2) is 4.89. The lowest BCUT2D eigenvalue weighted by atomic mass is 9.78. The van der Waals surface area contributed by atoms with E-state index >= 15 is 0 Å². The highest BCUT2D eigenvalue weighted by Gasteiger charge is 2.27. The van der Waals surface area contributed by atoms with Gasteiger partial charge in [0.1, 0.15) is 0 Å². The van der Waals surface area contributed by atoms with Gasteiger partial charge in [-0.2, -0.15) is 0 Å². The molecule has 1 aromatic rings. The SMILES string of the molecule is CCNC(Cc1nccs1)C1CCC1. The zero-order chi connectivity index (χ0) is 9.80. The Morgan fingerprint density at radius 2 is 2.50 bits per heavy atom.